The van der Waals surface area contributed by atoms with Gasteiger partial charge in [0.1, 0.15) is 11.6 Å². The van der Waals surface area contributed by atoms with Gasteiger partial charge in [0.15, 0.2) is 0 Å². The van der Waals surface area contributed by atoms with Gasteiger partial charge in [-0.1, -0.05) is 17.7 Å². The highest BCUT2D eigenvalue weighted by Crippen LogP contribution is 2.23. The molecule has 2 heterocycles. The van der Waals surface area contributed by atoms with Crippen molar-refractivity contribution in [3.05, 3.63) is 47.5 Å². The third-order valence-electron chi connectivity index (χ3n) is 4.39. The number of nitrogens with zero attached hydrogens (tertiary/aromatic N) is 3. The van der Waals surface area contributed by atoms with Gasteiger partial charge in [-0.15, -0.1) is 0 Å². The van der Waals surface area contributed by atoms with E-state index in [4.69, 9.17) is 9.47 Å². The minimum atomic E-state index is 0.0128. The van der Waals surface area contributed by atoms with Crippen LogP contribution in [0.2, 0.25) is 0 Å². The molecule has 6 heteroatoms. The summed E-state index contributed by atoms with van der Waals surface area (Å²) in [4.78, 5) is 21.4. The van der Waals surface area contributed by atoms with Crippen LogP contribution >= 0.6 is 0 Å². The van der Waals surface area contributed by atoms with Gasteiger partial charge < -0.3 is 19.3 Å². The summed E-state index contributed by atoms with van der Waals surface area (Å²) >= 11 is 0. The first kappa shape index (κ1) is 17.1. The Labute approximate surface area is 148 Å². The largest absolute Gasteiger partial charge is 0.496 e. The fourth-order valence-electron chi connectivity index (χ4n) is 2.99. The molecule has 0 saturated carbocycles. The first-order valence-corrected chi connectivity index (χ1v) is 8.32. The zero-order valence-electron chi connectivity index (χ0n) is 14.9. The van der Waals surface area contributed by atoms with Crippen molar-refractivity contribution in [3.8, 4) is 11.6 Å². The molecule has 132 valence electrons. The number of hydrogen-bond acceptors (Lipinski definition) is 5. The molecular formula is C19H23N3O3. The van der Waals surface area contributed by atoms with Crippen molar-refractivity contribution in [2.24, 2.45) is 0 Å². The average Bonchev–Trinajstić information content (AvgIpc) is 2.67. The van der Waals surface area contributed by atoms with Crippen molar-refractivity contribution in [2.75, 3.05) is 45.3 Å². The van der Waals surface area contributed by atoms with Gasteiger partial charge in [-0.05, 0) is 25.1 Å². The quantitative estimate of drug-likeness (QED) is 0.855. The molecule has 0 bridgehead atoms. The lowest BCUT2D eigenvalue weighted by Crippen LogP contribution is -2.49. The third-order valence-corrected chi connectivity index (χ3v) is 4.39. The molecule has 0 N–H and O–H groups in total. The van der Waals surface area contributed by atoms with Crippen LogP contribution in [0.4, 0.5) is 5.82 Å². The van der Waals surface area contributed by atoms with Crippen LogP contribution in [-0.2, 0) is 0 Å². The Hall–Kier alpha value is -2.76. The van der Waals surface area contributed by atoms with E-state index in [9.17, 15) is 4.79 Å². The molecular weight excluding hydrogens is 318 g/mol. The molecule has 1 aliphatic heterocycles. The second-order valence-electron chi connectivity index (χ2n) is 6.02. The SMILES string of the molecule is COc1cccc(N2CCN(C(=O)c3cc(C)ccc3OC)CC2)n1. The molecule has 0 aliphatic carbocycles. The van der Waals surface area contributed by atoms with Crippen LogP contribution in [0.5, 0.6) is 11.6 Å². The molecule has 1 fully saturated rings. The molecule has 0 unspecified atom stereocenters. The Balaban J connectivity index is 1.69. The van der Waals surface area contributed by atoms with Gasteiger partial charge in [-0.2, -0.15) is 4.98 Å². The van der Waals surface area contributed by atoms with Crippen LogP contribution in [0.15, 0.2) is 36.4 Å². The fourth-order valence-corrected chi connectivity index (χ4v) is 2.99. The molecule has 0 spiro atoms. The Kier molecular flexibility index (Phi) is 5.07. The van der Waals surface area contributed by atoms with E-state index in [-0.39, 0.29) is 5.91 Å². The highest BCUT2D eigenvalue weighted by atomic mass is 16.5. The number of carbonyl (C=O) groups is 1. The Bertz CT molecular complexity index is 755. The van der Waals surface area contributed by atoms with E-state index in [1.165, 1.54) is 0 Å². The second-order valence-corrected chi connectivity index (χ2v) is 6.02. The van der Waals surface area contributed by atoms with Crippen LogP contribution in [0.3, 0.4) is 0 Å². The van der Waals surface area contributed by atoms with Gasteiger partial charge in [0.05, 0.1) is 19.8 Å². The lowest BCUT2D eigenvalue weighted by atomic mass is 10.1. The number of amides is 1. The summed E-state index contributed by atoms with van der Waals surface area (Å²) < 4.78 is 10.5. The number of anilines is 1. The molecule has 1 aromatic carbocycles. The van der Waals surface area contributed by atoms with Crippen molar-refractivity contribution < 1.29 is 14.3 Å². The molecule has 25 heavy (non-hydrogen) atoms. The number of piperazine rings is 1. The van der Waals surface area contributed by atoms with Crippen molar-refractivity contribution in [1.82, 2.24) is 9.88 Å². The average molecular weight is 341 g/mol. The van der Waals surface area contributed by atoms with Crippen LogP contribution < -0.4 is 14.4 Å². The molecule has 1 aromatic heterocycles. The first-order valence-electron chi connectivity index (χ1n) is 8.32. The molecule has 1 saturated heterocycles. The molecule has 3 rings (SSSR count). The van der Waals surface area contributed by atoms with E-state index >= 15 is 0 Å². The van der Waals surface area contributed by atoms with E-state index in [1.54, 1.807) is 14.2 Å². The standard InChI is InChI=1S/C19H23N3O3/c1-14-7-8-16(24-2)15(13-14)19(23)22-11-9-21(10-12-22)17-5-4-6-18(20-17)25-3/h4-8,13H,9-12H2,1-3H3. The summed E-state index contributed by atoms with van der Waals surface area (Å²) in [7, 11) is 3.20. The van der Waals surface area contributed by atoms with Crippen molar-refractivity contribution in [2.45, 2.75) is 6.92 Å². The molecule has 1 aliphatic rings. The molecule has 2 aromatic rings. The first-order chi connectivity index (χ1) is 12.1. The predicted octanol–water partition coefficient (Wildman–Crippen LogP) is 2.37. The van der Waals surface area contributed by atoms with Gasteiger partial charge >= 0.3 is 0 Å². The van der Waals surface area contributed by atoms with E-state index < -0.39 is 0 Å². The Morgan fingerprint density at radius 3 is 2.48 bits per heavy atom. The number of aromatic nitrogens is 1. The number of ether oxygens (including phenoxy) is 2. The lowest BCUT2D eigenvalue weighted by molar-refractivity contribution is 0.0743. The molecule has 0 atom stereocenters. The predicted molar refractivity (Wildman–Crippen MR) is 96.6 cm³/mol. The second kappa shape index (κ2) is 7.42. The Morgan fingerprint density at radius 1 is 1.04 bits per heavy atom. The zero-order valence-corrected chi connectivity index (χ0v) is 14.9. The number of carbonyl (C=O) groups excluding carboxylic acids is 1. The minimum Gasteiger partial charge on any atom is -0.496 e. The number of methoxy groups -OCH3 is 2. The summed E-state index contributed by atoms with van der Waals surface area (Å²) in [6.07, 6.45) is 0. The van der Waals surface area contributed by atoms with Gasteiger partial charge in [0.2, 0.25) is 5.88 Å². The van der Waals surface area contributed by atoms with Gasteiger partial charge in [0, 0.05) is 32.2 Å². The maximum absolute atomic E-state index is 12.9. The van der Waals surface area contributed by atoms with Gasteiger partial charge in [-0.3, -0.25) is 4.79 Å². The molecule has 6 nitrogen and oxygen atoms in total. The third kappa shape index (κ3) is 3.68. The van der Waals surface area contributed by atoms with E-state index in [0.29, 0.717) is 30.3 Å². The summed E-state index contributed by atoms with van der Waals surface area (Å²) in [5.41, 5.74) is 1.67. The molecule has 0 radical (unpaired) electrons. The summed E-state index contributed by atoms with van der Waals surface area (Å²) in [5, 5.41) is 0. The number of rotatable bonds is 4. The number of aryl methyl sites for hydroxylation is 1. The topological polar surface area (TPSA) is 54.9 Å². The van der Waals surface area contributed by atoms with Crippen LogP contribution in [0.1, 0.15) is 15.9 Å². The van der Waals surface area contributed by atoms with Crippen LogP contribution in [0.25, 0.3) is 0 Å². The lowest BCUT2D eigenvalue weighted by Gasteiger charge is -2.35. The van der Waals surface area contributed by atoms with Crippen molar-refractivity contribution >= 4 is 11.7 Å². The number of benzene rings is 1. The highest BCUT2D eigenvalue weighted by molar-refractivity contribution is 5.97. The van der Waals surface area contributed by atoms with E-state index in [0.717, 1.165) is 24.5 Å². The number of hydrogen-bond donors (Lipinski definition) is 0. The van der Waals surface area contributed by atoms with Crippen molar-refractivity contribution in [1.29, 1.82) is 0 Å². The normalized spacial score (nSPS) is 14.4. The smallest absolute Gasteiger partial charge is 0.257 e. The summed E-state index contributed by atoms with van der Waals surface area (Å²) in [6.45, 7) is 4.74. The maximum atomic E-state index is 12.9. The summed E-state index contributed by atoms with van der Waals surface area (Å²) in [6, 6.07) is 11.4. The monoisotopic (exact) mass is 341 g/mol. The number of pyridine rings is 1. The fraction of sp³-hybridized carbons (Fsp3) is 0.368. The Morgan fingerprint density at radius 2 is 1.80 bits per heavy atom. The summed E-state index contributed by atoms with van der Waals surface area (Å²) in [5.74, 6) is 2.10. The van der Waals surface area contributed by atoms with Crippen LogP contribution in [-0.4, -0.2) is 56.2 Å². The zero-order chi connectivity index (χ0) is 17.8. The van der Waals surface area contributed by atoms with Crippen molar-refractivity contribution in [3.63, 3.8) is 0 Å². The van der Waals surface area contributed by atoms with E-state index in [1.807, 2.05) is 48.2 Å². The van der Waals surface area contributed by atoms with Gasteiger partial charge in [-0.25, -0.2) is 0 Å². The minimum absolute atomic E-state index is 0.0128. The van der Waals surface area contributed by atoms with Gasteiger partial charge in [0.25, 0.3) is 5.91 Å². The molecule has 1 amide bonds. The van der Waals surface area contributed by atoms with Crippen LogP contribution in [0, 0.1) is 6.92 Å². The highest BCUT2D eigenvalue weighted by Gasteiger charge is 2.25. The van der Waals surface area contributed by atoms with E-state index in [2.05, 4.69) is 9.88 Å². The maximum Gasteiger partial charge on any atom is 0.257 e.